The third-order valence-corrected chi connectivity index (χ3v) is 3.93. The lowest BCUT2D eigenvalue weighted by atomic mass is 9.87. The van der Waals surface area contributed by atoms with Gasteiger partial charge in [-0.25, -0.2) is 0 Å². The minimum atomic E-state index is 0.800. The Morgan fingerprint density at radius 2 is 1.84 bits per heavy atom. The second kappa shape index (κ2) is 8.08. The van der Waals surface area contributed by atoms with Crippen molar-refractivity contribution in [1.29, 1.82) is 0 Å². The summed E-state index contributed by atoms with van der Waals surface area (Å²) >= 11 is 0. The van der Waals surface area contributed by atoms with Crippen LogP contribution in [-0.4, -0.2) is 13.2 Å². The van der Waals surface area contributed by atoms with E-state index >= 15 is 0 Å². The Labute approximate surface area is 117 Å². The molecule has 0 radical (unpaired) electrons. The molecule has 1 aliphatic carbocycles. The Morgan fingerprint density at radius 3 is 2.53 bits per heavy atom. The molecule has 0 bridgehead atoms. The smallest absolute Gasteiger partial charge is 0.119 e. The van der Waals surface area contributed by atoms with Gasteiger partial charge in [0.1, 0.15) is 5.75 Å². The number of hydrogen-bond acceptors (Lipinski definition) is 2. The van der Waals surface area contributed by atoms with E-state index in [0.717, 1.165) is 31.2 Å². The van der Waals surface area contributed by atoms with E-state index in [2.05, 4.69) is 36.5 Å². The predicted octanol–water partition coefficient (Wildman–Crippen LogP) is 4.86. The molecule has 2 rings (SSSR count). The zero-order chi connectivity index (χ0) is 13.3. The number of rotatable bonds is 7. The molecular formula is C17H27NO. The Hall–Kier alpha value is -1.18. The van der Waals surface area contributed by atoms with Gasteiger partial charge in [-0.3, -0.25) is 0 Å². The van der Waals surface area contributed by atoms with Crippen molar-refractivity contribution in [3.8, 4) is 5.75 Å². The van der Waals surface area contributed by atoms with Crippen LogP contribution in [0.3, 0.4) is 0 Å². The molecule has 1 aromatic carbocycles. The third-order valence-electron chi connectivity index (χ3n) is 3.93. The molecule has 0 saturated heterocycles. The van der Waals surface area contributed by atoms with Gasteiger partial charge in [0.05, 0.1) is 6.61 Å². The fraction of sp³-hybridized carbons (Fsp3) is 0.647. The molecule has 0 atom stereocenters. The molecule has 19 heavy (non-hydrogen) atoms. The lowest BCUT2D eigenvalue weighted by Crippen LogP contribution is -2.12. The molecule has 1 fully saturated rings. The van der Waals surface area contributed by atoms with Gasteiger partial charge in [0.2, 0.25) is 0 Å². The van der Waals surface area contributed by atoms with E-state index in [1.165, 1.54) is 44.2 Å². The minimum absolute atomic E-state index is 0.800. The van der Waals surface area contributed by atoms with Crippen LogP contribution >= 0.6 is 0 Å². The zero-order valence-corrected chi connectivity index (χ0v) is 12.2. The van der Waals surface area contributed by atoms with Crippen molar-refractivity contribution in [2.24, 2.45) is 5.92 Å². The van der Waals surface area contributed by atoms with Crippen LogP contribution < -0.4 is 10.1 Å². The summed E-state index contributed by atoms with van der Waals surface area (Å²) in [6.45, 7) is 4.02. The fourth-order valence-electron chi connectivity index (χ4n) is 2.79. The van der Waals surface area contributed by atoms with E-state index in [-0.39, 0.29) is 0 Å². The Balaban J connectivity index is 1.67. The molecule has 0 aromatic heterocycles. The van der Waals surface area contributed by atoms with Crippen LogP contribution in [0, 0.1) is 5.92 Å². The summed E-state index contributed by atoms with van der Waals surface area (Å²) in [6.07, 6.45) is 9.57. The summed E-state index contributed by atoms with van der Waals surface area (Å²) in [5.74, 6) is 1.92. The van der Waals surface area contributed by atoms with Crippen molar-refractivity contribution in [3.63, 3.8) is 0 Å². The Bertz CT molecular complexity index is 341. The Kier molecular flexibility index (Phi) is 6.06. The average Bonchev–Trinajstić information content (AvgIpc) is 2.47. The predicted molar refractivity (Wildman–Crippen MR) is 81.9 cm³/mol. The Morgan fingerprint density at radius 1 is 1.11 bits per heavy atom. The summed E-state index contributed by atoms with van der Waals surface area (Å²) in [5, 5.41) is 3.52. The van der Waals surface area contributed by atoms with E-state index in [1.807, 2.05) is 0 Å². The molecule has 1 aromatic rings. The molecule has 1 N–H and O–H groups in total. The van der Waals surface area contributed by atoms with Gasteiger partial charge in [-0.1, -0.05) is 39.0 Å². The van der Waals surface area contributed by atoms with Gasteiger partial charge in [-0.15, -0.1) is 0 Å². The van der Waals surface area contributed by atoms with Gasteiger partial charge in [0, 0.05) is 12.2 Å². The van der Waals surface area contributed by atoms with Gasteiger partial charge in [-0.2, -0.15) is 0 Å². The highest BCUT2D eigenvalue weighted by atomic mass is 16.5. The maximum Gasteiger partial charge on any atom is 0.119 e. The maximum atomic E-state index is 5.58. The van der Waals surface area contributed by atoms with Crippen LogP contribution in [-0.2, 0) is 0 Å². The monoisotopic (exact) mass is 261 g/mol. The summed E-state index contributed by atoms with van der Waals surface area (Å²) in [6, 6.07) is 8.34. The zero-order valence-electron chi connectivity index (χ0n) is 12.2. The van der Waals surface area contributed by atoms with Crippen molar-refractivity contribution < 1.29 is 4.74 Å². The number of ether oxygens (including phenoxy) is 1. The number of hydrogen-bond donors (Lipinski definition) is 1. The van der Waals surface area contributed by atoms with Crippen LogP contribution in [0.5, 0.6) is 5.75 Å². The van der Waals surface area contributed by atoms with E-state index in [9.17, 15) is 0 Å². The highest BCUT2D eigenvalue weighted by Gasteiger charge is 2.12. The van der Waals surface area contributed by atoms with Crippen molar-refractivity contribution in [3.05, 3.63) is 24.3 Å². The first-order chi connectivity index (χ1) is 9.38. The van der Waals surface area contributed by atoms with Gasteiger partial charge < -0.3 is 10.1 Å². The summed E-state index contributed by atoms with van der Waals surface area (Å²) in [4.78, 5) is 0. The summed E-state index contributed by atoms with van der Waals surface area (Å²) in [5.41, 5.74) is 1.21. The van der Waals surface area contributed by atoms with Crippen LogP contribution in [0.4, 0.5) is 5.69 Å². The summed E-state index contributed by atoms with van der Waals surface area (Å²) in [7, 11) is 0. The molecule has 1 aliphatic rings. The van der Waals surface area contributed by atoms with E-state index in [1.54, 1.807) is 0 Å². The quantitative estimate of drug-likeness (QED) is 0.757. The molecule has 0 spiro atoms. The molecule has 106 valence electrons. The van der Waals surface area contributed by atoms with E-state index in [0.29, 0.717) is 0 Å². The van der Waals surface area contributed by atoms with Crippen molar-refractivity contribution in [2.75, 3.05) is 18.5 Å². The highest BCUT2D eigenvalue weighted by molar-refractivity contribution is 5.46. The fourth-order valence-corrected chi connectivity index (χ4v) is 2.79. The van der Waals surface area contributed by atoms with Crippen molar-refractivity contribution >= 4 is 5.69 Å². The van der Waals surface area contributed by atoms with Gasteiger partial charge in [-0.05, 0) is 43.0 Å². The average molecular weight is 261 g/mol. The first kappa shape index (κ1) is 14.2. The normalized spacial score (nSPS) is 16.3. The molecule has 2 nitrogen and oxygen atoms in total. The number of nitrogens with one attached hydrogen (secondary N) is 1. The molecule has 1 saturated carbocycles. The molecular weight excluding hydrogens is 234 g/mol. The van der Waals surface area contributed by atoms with Crippen LogP contribution in [0.2, 0.25) is 0 Å². The second-order valence-corrected chi connectivity index (χ2v) is 5.59. The molecule has 0 unspecified atom stereocenters. The topological polar surface area (TPSA) is 21.3 Å². The van der Waals surface area contributed by atoms with Crippen LogP contribution in [0.25, 0.3) is 0 Å². The maximum absolute atomic E-state index is 5.58. The number of benzene rings is 1. The lowest BCUT2D eigenvalue weighted by molar-refractivity contribution is 0.317. The molecule has 0 aliphatic heterocycles. The van der Waals surface area contributed by atoms with Gasteiger partial charge >= 0.3 is 0 Å². The number of anilines is 1. The van der Waals surface area contributed by atoms with Crippen molar-refractivity contribution in [2.45, 2.75) is 51.9 Å². The van der Waals surface area contributed by atoms with E-state index < -0.39 is 0 Å². The van der Waals surface area contributed by atoms with Gasteiger partial charge in [0.15, 0.2) is 0 Å². The largest absolute Gasteiger partial charge is 0.494 e. The third kappa shape index (κ3) is 5.14. The van der Waals surface area contributed by atoms with E-state index in [4.69, 9.17) is 4.74 Å². The minimum Gasteiger partial charge on any atom is -0.494 e. The van der Waals surface area contributed by atoms with Crippen molar-refractivity contribution in [1.82, 2.24) is 0 Å². The SMILES string of the molecule is CCCOc1ccc(NCCC2CCCCC2)cc1. The first-order valence-corrected chi connectivity index (χ1v) is 7.85. The molecule has 0 amide bonds. The molecule has 0 heterocycles. The molecule has 2 heteroatoms. The second-order valence-electron chi connectivity index (χ2n) is 5.59. The first-order valence-electron chi connectivity index (χ1n) is 7.85. The van der Waals surface area contributed by atoms with Crippen LogP contribution in [0.1, 0.15) is 51.9 Å². The standard InChI is InChI=1S/C17H27NO/c1-2-14-19-17-10-8-16(9-11-17)18-13-12-15-6-4-3-5-7-15/h8-11,15,18H,2-7,12-14H2,1H3. The summed E-state index contributed by atoms with van der Waals surface area (Å²) < 4.78 is 5.58. The van der Waals surface area contributed by atoms with Crippen LogP contribution in [0.15, 0.2) is 24.3 Å². The van der Waals surface area contributed by atoms with Gasteiger partial charge in [0.25, 0.3) is 0 Å². The highest BCUT2D eigenvalue weighted by Crippen LogP contribution is 2.26. The lowest BCUT2D eigenvalue weighted by Gasteiger charge is -2.21.